The van der Waals surface area contributed by atoms with Gasteiger partial charge in [-0.25, -0.2) is 4.79 Å². The minimum atomic E-state index is -0.187. The number of ether oxygens (including phenoxy) is 2. The number of carbonyl (C=O) groups excluding carboxylic acids is 1. The lowest BCUT2D eigenvalue weighted by Gasteiger charge is -2.26. The first kappa shape index (κ1) is 23.5. The van der Waals surface area contributed by atoms with Crippen LogP contribution in [0.15, 0.2) is 60.8 Å². The van der Waals surface area contributed by atoms with E-state index in [0.29, 0.717) is 42.7 Å². The monoisotopic (exact) mass is 455 g/mol. The standard InChI is InChI=1S/C25H30ClN3O3/c1-18(2)15-29(25(30)27-23-12-11-21(31-3)14-24(23)32-4)17-20-9-7-13-28(20)16-19-8-5-6-10-22(19)26/h5-14,18H,15-17H2,1-4H3,(H,27,30). The van der Waals surface area contributed by atoms with Crippen molar-refractivity contribution in [3.05, 3.63) is 77.1 Å². The number of methoxy groups -OCH3 is 2. The van der Waals surface area contributed by atoms with Crippen molar-refractivity contribution in [2.75, 3.05) is 26.1 Å². The van der Waals surface area contributed by atoms with E-state index in [0.717, 1.165) is 16.3 Å². The highest BCUT2D eigenvalue weighted by Crippen LogP contribution is 2.29. The minimum absolute atomic E-state index is 0.187. The average Bonchev–Trinajstić information content (AvgIpc) is 3.21. The maximum absolute atomic E-state index is 13.2. The van der Waals surface area contributed by atoms with Crippen molar-refractivity contribution in [2.24, 2.45) is 5.92 Å². The lowest BCUT2D eigenvalue weighted by Crippen LogP contribution is -2.37. The van der Waals surface area contributed by atoms with Gasteiger partial charge in [0.2, 0.25) is 0 Å². The first-order valence-corrected chi connectivity index (χ1v) is 10.9. The Kier molecular flexibility index (Phi) is 8.06. The Morgan fingerprint density at radius 2 is 1.88 bits per heavy atom. The third-order valence-electron chi connectivity index (χ3n) is 5.10. The summed E-state index contributed by atoms with van der Waals surface area (Å²) in [4.78, 5) is 15.0. The van der Waals surface area contributed by atoms with E-state index in [9.17, 15) is 4.79 Å². The topological polar surface area (TPSA) is 55.7 Å². The second-order valence-corrected chi connectivity index (χ2v) is 8.40. The van der Waals surface area contributed by atoms with E-state index in [1.807, 2.05) is 47.5 Å². The number of amides is 2. The summed E-state index contributed by atoms with van der Waals surface area (Å²) in [5.74, 6) is 1.52. The molecule has 2 amide bonds. The van der Waals surface area contributed by atoms with Crippen molar-refractivity contribution in [2.45, 2.75) is 26.9 Å². The molecule has 0 aliphatic rings. The van der Waals surface area contributed by atoms with E-state index >= 15 is 0 Å². The van der Waals surface area contributed by atoms with Gasteiger partial charge in [-0.2, -0.15) is 0 Å². The van der Waals surface area contributed by atoms with Crippen LogP contribution in [0.3, 0.4) is 0 Å². The molecule has 32 heavy (non-hydrogen) atoms. The molecule has 0 unspecified atom stereocenters. The van der Waals surface area contributed by atoms with Gasteiger partial charge in [-0.05, 0) is 41.8 Å². The van der Waals surface area contributed by atoms with Crippen molar-refractivity contribution in [1.82, 2.24) is 9.47 Å². The van der Waals surface area contributed by atoms with Crippen LogP contribution in [-0.4, -0.2) is 36.3 Å². The van der Waals surface area contributed by atoms with Gasteiger partial charge in [-0.1, -0.05) is 43.6 Å². The summed E-state index contributed by atoms with van der Waals surface area (Å²) < 4.78 is 12.8. The highest BCUT2D eigenvalue weighted by Gasteiger charge is 2.19. The smallest absolute Gasteiger partial charge is 0.322 e. The number of nitrogens with zero attached hydrogens (tertiary/aromatic N) is 2. The minimum Gasteiger partial charge on any atom is -0.497 e. The summed E-state index contributed by atoms with van der Waals surface area (Å²) in [5.41, 5.74) is 2.66. The lowest BCUT2D eigenvalue weighted by atomic mass is 10.2. The van der Waals surface area contributed by atoms with Gasteiger partial charge in [-0.3, -0.25) is 0 Å². The van der Waals surface area contributed by atoms with Gasteiger partial charge in [0, 0.05) is 36.1 Å². The first-order valence-electron chi connectivity index (χ1n) is 10.6. The molecule has 0 fully saturated rings. The number of rotatable bonds is 9. The molecular formula is C25H30ClN3O3. The molecular weight excluding hydrogens is 426 g/mol. The molecule has 7 heteroatoms. The zero-order valence-corrected chi connectivity index (χ0v) is 19.7. The Balaban J connectivity index is 1.79. The van der Waals surface area contributed by atoms with Crippen LogP contribution in [0.1, 0.15) is 25.1 Å². The summed E-state index contributed by atoms with van der Waals surface area (Å²) in [6.07, 6.45) is 2.01. The summed E-state index contributed by atoms with van der Waals surface area (Å²) >= 11 is 6.35. The molecule has 1 aromatic heterocycles. The quantitative estimate of drug-likeness (QED) is 0.437. The van der Waals surface area contributed by atoms with Crippen LogP contribution in [0, 0.1) is 5.92 Å². The van der Waals surface area contributed by atoms with Crippen LogP contribution in [0.5, 0.6) is 11.5 Å². The molecule has 0 aliphatic carbocycles. The fourth-order valence-corrected chi connectivity index (χ4v) is 3.70. The average molecular weight is 456 g/mol. The van der Waals surface area contributed by atoms with Gasteiger partial charge >= 0.3 is 6.03 Å². The predicted octanol–water partition coefficient (Wildman–Crippen LogP) is 5.90. The zero-order chi connectivity index (χ0) is 23.1. The van der Waals surface area contributed by atoms with Gasteiger partial charge < -0.3 is 24.3 Å². The molecule has 0 saturated heterocycles. The van der Waals surface area contributed by atoms with E-state index in [1.165, 1.54) is 0 Å². The Hall–Kier alpha value is -3.12. The van der Waals surface area contributed by atoms with Gasteiger partial charge in [0.1, 0.15) is 11.5 Å². The number of hydrogen-bond donors (Lipinski definition) is 1. The molecule has 1 heterocycles. The Morgan fingerprint density at radius 1 is 1.09 bits per heavy atom. The predicted molar refractivity (Wildman–Crippen MR) is 129 cm³/mol. The number of benzene rings is 2. The second kappa shape index (κ2) is 11.0. The van der Waals surface area contributed by atoms with Crippen molar-refractivity contribution in [1.29, 1.82) is 0 Å². The molecule has 0 spiro atoms. The summed E-state index contributed by atoms with van der Waals surface area (Å²) in [5, 5.41) is 3.72. The van der Waals surface area contributed by atoms with Gasteiger partial charge in [0.05, 0.1) is 26.5 Å². The van der Waals surface area contributed by atoms with E-state index in [4.69, 9.17) is 21.1 Å². The van der Waals surface area contributed by atoms with Crippen LogP contribution in [0.2, 0.25) is 5.02 Å². The van der Waals surface area contributed by atoms with E-state index in [-0.39, 0.29) is 6.03 Å². The summed E-state index contributed by atoms with van der Waals surface area (Å²) in [6.45, 7) is 5.92. The van der Waals surface area contributed by atoms with Crippen LogP contribution in [-0.2, 0) is 13.1 Å². The Bertz CT molecular complexity index is 1050. The largest absolute Gasteiger partial charge is 0.497 e. The van der Waals surface area contributed by atoms with Crippen molar-refractivity contribution in [3.8, 4) is 11.5 Å². The third kappa shape index (κ3) is 5.98. The van der Waals surface area contributed by atoms with E-state index in [1.54, 1.807) is 32.4 Å². The highest BCUT2D eigenvalue weighted by atomic mass is 35.5. The van der Waals surface area contributed by atoms with Crippen molar-refractivity contribution < 1.29 is 14.3 Å². The SMILES string of the molecule is COc1ccc(NC(=O)N(Cc2cccn2Cc2ccccc2Cl)CC(C)C)c(OC)c1. The molecule has 0 bridgehead atoms. The maximum Gasteiger partial charge on any atom is 0.322 e. The normalized spacial score (nSPS) is 10.8. The van der Waals surface area contributed by atoms with Gasteiger partial charge in [0.15, 0.2) is 0 Å². The van der Waals surface area contributed by atoms with Gasteiger partial charge in [0.25, 0.3) is 0 Å². The molecule has 2 aromatic carbocycles. The molecule has 0 radical (unpaired) electrons. The van der Waals surface area contributed by atoms with Crippen LogP contribution >= 0.6 is 11.6 Å². The maximum atomic E-state index is 13.2. The molecule has 0 saturated carbocycles. The number of halogens is 1. The summed E-state index contributed by atoms with van der Waals surface area (Å²) in [6, 6.07) is 17.0. The number of hydrogen-bond acceptors (Lipinski definition) is 3. The molecule has 3 rings (SSSR count). The highest BCUT2D eigenvalue weighted by molar-refractivity contribution is 6.31. The van der Waals surface area contributed by atoms with E-state index < -0.39 is 0 Å². The van der Waals surface area contributed by atoms with Crippen molar-refractivity contribution >= 4 is 23.3 Å². The zero-order valence-electron chi connectivity index (χ0n) is 19.0. The van der Waals surface area contributed by atoms with Crippen LogP contribution < -0.4 is 14.8 Å². The van der Waals surface area contributed by atoms with E-state index in [2.05, 4.69) is 23.7 Å². The second-order valence-electron chi connectivity index (χ2n) is 7.99. The molecule has 0 aliphatic heterocycles. The van der Waals surface area contributed by atoms with Crippen molar-refractivity contribution in [3.63, 3.8) is 0 Å². The number of nitrogens with one attached hydrogen (secondary N) is 1. The van der Waals surface area contributed by atoms with Crippen LogP contribution in [0.25, 0.3) is 0 Å². The fraction of sp³-hybridized carbons (Fsp3) is 0.320. The Labute approximate surface area is 194 Å². The first-order chi connectivity index (χ1) is 15.4. The summed E-state index contributed by atoms with van der Waals surface area (Å²) in [7, 11) is 3.16. The molecule has 6 nitrogen and oxygen atoms in total. The van der Waals surface area contributed by atoms with Gasteiger partial charge in [-0.15, -0.1) is 0 Å². The lowest BCUT2D eigenvalue weighted by molar-refractivity contribution is 0.200. The Morgan fingerprint density at radius 3 is 2.56 bits per heavy atom. The van der Waals surface area contributed by atoms with Crippen LogP contribution in [0.4, 0.5) is 10.5 Å². The molecule has 3 aromatic rings. The molecule has 170 valence electrons. The third-order valence-corrected chi connectivity index (χ3v) is 5.47. The number of urea groups is 1. The number of carbonyl (C=O) groups is 1. The number of anilines is 1. The molecule has 1 N–H and O–H groups in total. The fourth-order valence-electron chi connectivity index (χ4n) is 3.51. The number of aromatic nitrogens is 1. The molecule has 0 atom stereocenters.